The Balaban J connectivity index is 2.43. The summed E-state index contributed by atoms with van der Waals surface area (Å²) in [7, 11) is -2.55. The molecule has 0 bridgehead atoms. The van der Waals surface area contributed by atoms with Gasteiger partial charge in [-0.2, -0.15) is 0 Å². The van der Waals surface area contributed by atoms with Crippen molar-refractivity contribution < 1.29 is 17.9 Å². The third kappa shape index (κ3) is 5.23. The number of hydrogen-bond acceptors (Lipinski definition) is 4. The van der Waals surface area contributed by atoms with Gasteiger partial charge in [0.1, 0.15) is 10.6 Å². The van der Waals surface area contributed by atoms with Gasteiger partial charge in [-0.1, -0.05) is 26.8 Å². The van der Waals surface area contributed by atoms with Crippen LogP contribution in [0.25, 0.3) is 0 Å². The van der Waals surface area contributed by atoms with Crippen LogP contribution < -0.4 is 14.8 Å². The number of carbonyl (C=O) groups is 1. The quantitative estimate of drug-likeness (QED) is 0.693. The number of hydrogen-bond donors (Lipinski definition) is 2. The molecule has 2 rings (SSSR count). The maximum absolute atomic E-state index is 13.0. The van der Waals surface area contributed by atoms with E-state index in [1.165, 1.54) is 19.2 Å². The predicted octanol–water partition coefficient (Wildman–Crippen LogP) is 4.55. The second-order valence-electron chi connectivity index (χ2n) is 7.16. The average Bonchev–Trinajstić information content (AvgIpc) is 2.57. The molecule has 2 aromatic carbocycles. The number of methoxy groups -OCH3 is 1. The van der Waals surface area contributed by atoms with Crippen molar-refractivity contribution in [2.75, 3.05) is 17.1 Å². The lowest BCUT2D eigenvalue weighted by molar-refractivity contribution is -0.123. The fourth-order valence-electron chi connectivity index (χ4n) is 2.20. The normalized spacial score (nSPS) is 11.8. The largest absolute Gasteiger partial charge is 0.495 e. The molecule has 0 saturated carbocycles. The maximum Gasteiger partial charge on any atom is 0.265 e. The summed E-state index contributed by atoms with van der Waals surface area (Å²) in [6, 6.07) is 9.85. The van der Waals surface area contributed by atoms with Crippen molar-refractivity contribution in [2.24, 2.45) is 5.41 Å². The van der Waals surface area contributed by atoms with Crippen LogP contribution in [-0.2, 0) is 14.8 Å². The Bertz CT molecular complexity index is 966. The van der Waals surface area contributed by atoms with Gasteiger partial charge in [0.15, 0.2) is 0 Å². The number of benzene rings is 2. The highest BCUT2D eigenvalue weighted by Crippen LogP contribution is 2.32. The predicted molar refractivity (Wildman–Crippen MR) is 111 cm³/mol. The molecule has 0 aliphatic rings. The van der Waals surface area contributed by atoms with Crippen LogP contribution in [0.2, 0.25) is 0 Å². The minimum Gasteiger partial charge on any atom is -0.495 e. The van der Waals surface area contributed by atoms with Gasteiger partial charge in [-0.15, -0.1) is 0 Å². The van der Waals surface area contributed by atoms with Crippen molar-refractivity contribution >= 4 is 43.2 Å². The van der Waals surface area contributed by atoms with Crippen LogP contribution in [0, 0.1) is 12.3 Å². The van der Waals surface area contributed by atoms with Crippen LogP contribution >= 0.6 is 15.9 Å². The topological polar surface area (TPSA) is 84.5 Å². The van der Waals surface area contributed by atoms with Gasteiger partial charge in [0, 0.05) is 15.6 Å². The number of halogens is 1. The molecule has 0 spiro atoms. The fraction of sp³-hybridized carbons (Fsp3) is 0.316. The van der Waals surface area contributed by atoms with Crippen LogP contribution in [0.15, 0.2) is 45.8 Å². The smallest absolute Gasteiger partial charge is 0.265 e. The van der Waals surface area contributed by atoms with Crippen molar-refractivity contribution in [3.05, 3.63) is 46.4 Å². The average molecular weight is 455 g/mol. The molecule has 0 radical (unpaired) electrons. The second-order valence-corrected chi connectivity index (χ2v) is 9.66. The van der Waals surface area contributed by atoms with E-state index < -0.39 is 15.4 Å². The monoisotopic (exact) mass is 454 g/mol. The number of aryl methyl sites for hydroxylation is 1. The summed E-state index contributed by atoms with van der Waals surface area (Å²) in [5, 5.41) is 2.73. The van der Waals surface area contributed by atoms with E-state index in [-0.39, 0.29) is 16.6 Å². The summed E-state index contributed by atoms with van der Waals surface area (Å²) in [6.07, 6.45) is 0. The molecule has 0 saturated heterocycles. The zero-order chi connectivity index (χ0) is 20.4. The summed E-state index contributed by atoms with van der Waals surface area (Å²) >= 11 is 3.35. The first-order valence-corrected chi connectivity index (χ1v) is 10.5. The molecule has 6 nitrogen and oxygen atoms in total. The third-order valence-electron chi connectivity index (χ3n) is 3.76. The van der Waals surface area contributed by atoms with Gasteiger partial charge in [0.05, 0.1) is 12.8 Å². The van der Waals surface area contributed by atoms with Gasteiger partial charge in [-0.05, 0) is 58.7 Å². The zero-order valence-electron chi connectivity index (χ0n) is 15.9. The molecule has 146 valence electrons. The number of carbonyl (C=O) groups excluding carboxylic acids is 1. The molecule has 0 atom stereocenters. The van der Waals surface area contributed by atoms with Gasteiger partial charge in [-0.3, -0.25) is 9.52 Å². The van der Waals surface area contributed by atoms with E-state index in [4.69, 9.17) is 4.74 Å². The molecular weight excluding hydrogens is 432 g/mol. The Hall–Kier alpha value is -2.06. The lowest BCUT2D eigenvalue weighted by Gasteiger charge is -2.19. The van der Waals surface area contributed by atoms with E-state index in [0.717, 1.165) is 5.56 Å². The number of anilines is 2. The van der Waals surface area contributed by atoms with Crippen molar-refractivity contribution in [1.29, 1.82) is 0 Å². The molecule has 2 aromatic rings. The highest BCUT2D eigenvalue weighted by Gasteiger charge is 2.24. The van der Waals surface area contributed by atoms with E-state index in [0.29, 0.717) is 15.8 Å². The first-order valence-electron chi connectivity index (χ1n) is 8.22. The molecule has 2 N–H and O–H groups in total. The molecule has 27 heavy (non-hydrogen) atoms. The lowest BCUT2D eigenvalue weighted by Crippen LogP contribution is -2.27. The van der Waals surface area contributed by atoms with Crippen molar-refractivity contribution in [1.82, 2.24) is 0 Å². The molecule has 0 fully saturated rings. The van der Waals surface area contributed by atoms with Gasteiger partial charge < -0.3 is 10.1 Å². The van der Waals surface area contributed by atoms with E-state index >= 15 is 0 Å². The Labute approximate surface area is 168 Å². The molecule has 0 aliphatic heterocycles. The van der Waals surface area contributed by atoms with Crippen LogP contribution in [-0.4, -0.2) is 21.4 Å². The minimum atomic E-state index is -3.95. The summed E-state index contributed by atoms with van der Waals surface area (Å²) in [5.41, 5.74) is 1.10. The number of amides is 1. The van der Waals surface area contributed by atoms with Crippen LogP contribution in [0.5, 0.6) is 5.75 Å². The zero-order valence-corrected chi connectivity index (χ0v) is 18.3. The Morgan fingerprint density at radius 3 is 2.37 bits per heavy atom. The third-order valence-corrected chi connectivity index (χ3v) is 5.84. The standard InChI is InChI=1S/C19H23BrN2O4S/c1-12-6-8-14(20)15(10-12)22-27(24,25)17-11-13(7-9-16(17)26-5)21-18(23)19(2,3)4/h6-11,22H,1-5H3,(H,21,23). The molecule has 0 aliphatic carbocycles. The van der Waals surface area contributed by atoms with Gasteiger partial charge in [0.25, 0.3) is 10.0 Å². The highest BCUT2D eigenvalue weighted by molar-refractivity contribution is 9.10. The number of rotatable bonds is 5. The highest BCUT2D eigenvalue weighted by atomic mass is 79.9. The van der Waals surface area contributed by atoms with Crippen molar-refractivity contribution in [3.63, 3.8) is 0 Å². The minimum absolute atomic E-state index is 0.0647. The fourth-order valence-corrected chi connectivity index (χ4v) is 3.94. The van der Waals surface area contributed by atoms with Crippen LogP contribution in [0.1, 0.15) is 26.3 Å². The molecule has 8 heteroatoms. The summed E-state index contributed by atoms with van der Waals surface area (Å²) in [4.78, 5) is 12.1. The van der Waals surface area contributed by atoms with Crippen molar-refractivity contribution in [2.45, 2.75) is 32.6 Å². The van der Waals surface area contributed by atoms with E-state index in [2.05, 4.69) is 26.0 Å². The van der Waals surface area contributed by atoms with E-state index in [1.807, 2.05) is 13.0 Å². The molecule has 1 amide bonds. The Morgan fingerprint density at radius 1 is 1.11 bits per heavy atom. The summed E-state index contributed by atoms with van der Waals surface area (Å²) in [6.45, 7) is 7.20. The SMILES string of the molecule is COc1ccc(NC(=O)C(C)(C)C)cc1S(=O)(=O)Nc1cc(C)ccc1Br. The van der Waals surface area contributed by atoms with Gasteiger partial charge >= 0.3 is 0 Å². The lowest BCUT2D eigenvalue weighted by atomic mass is 9.95. The van der Waals surface area contributed by atoms with Crippen LogP contribution in [0.3, 0.4) is 0 Å². The first kappa shape index (κ1) is 21.2. The summed E-state index contributed by atoms with van der Waals surface area (Å²) in [5.74, 6) is -0.0366. The molecule has 0 aromatic heterocycles. The van der Waals surface area contributed by atoms with E-state index in [9.17, 15) is 13.2 Å². The number of nitrogens with one attached hydrogen (secondary N) is 2. The van der Waals surface area contributed by atoms with Gasteiger partial charge in [-0.25, -0.2) is 8.42 Å². The Morgan fingerprint density at radius 2 is 1.78 bits per heavy atom. The molecule has 0 heterocycles. The molecular formula is C19H23BrN2O4S. The number of ether oxygens (including phenoxy) is 1. The second kappa shape index (κ2) is 7.90. The first-order chi connectivity index (χ1) is 12.4. The molecule has 0 unspecified atom stereocenters. The van der Waals surface area contributed by atoms with Gasteiger partial charge in [0.2, 0.25) is 5.91 Å². The van der Waals surface area contributed by atoms with E-state index in [1.54, 1.807) is 39.0 Å². The summed E-state index contributed by atoms with van der Waals surface area (Å²) < 4.78 is 34.3. The van der Waals surface area contributed by atoms with Crippen LogP contribution in [0.4, 0.5) is 11.4 Å². The van der Waals surface area contributed by atoms with Crippen molar-refractivity contribution in [3.8, 4) is 5.75 Å². The maximum atomic E-state index is 13.0. The number of sulfonamides is 1. The Kier molecular flexibility index (Phi) is 6.21.